The first-order valence-corrected chi connectivity index (χ1v) is 13.5. The van der Waals surface area contributed by atoms with Crippen LogP contribution in [0.5, 0.6) is 5.75 Å². The van der Waals surface area contributed by atoms with Crippen molar-refractivity contribution in [3.05, 3.63) is 89.4 Å². The van der Waals surface area contributed by atoms with E-state index in [9.17, 15) is 18.0 Å². The molecule has 3 aromatic carbocycles. The normalized spacial score (nSPS) is 11.9. The maximum Gasteiger partial charge on any atom is 0.264 e. The van der Waals surface area contributed by atoms with Gasteiger partial charge in [-0.1, -0.05) is 60.1 Å². The fourth-order valence-corrected chi connectivity index (χ4v) is 5.38. The molecule has 3 rings (SSSR count). The van der Waals surface area contributed by atoms with Gasteiger partial charge < -0.3 is 15.0 Å². The molecule has 0 aliphatic heterocycles. The van der Waals surface area contributed by atoms with Crippen molar-refractivity contribution in [1.82, 2.24) is 10.2 Å². The van der Waals surface area contributed by atoms with Crippen molar-refractivity contribution in [1.29, 1.82) is 0 Å². The van der Waals surface area contributed by atoms with Gasteiger partial charge in [0.15, 0.2) is 0 Å². The maximum absolute atomic E-state index is 13.8. The third-order valence-corrected chi connectivity index (χ3v) is 7.74. The lowest BCUT2D eigenvalue weighted by atomic mass is 10.1. The molecule has 3 aromatic rings. The van der Waals surface area contributed by atoms with Gasteiger partial charge >= 0.3 is 0 Å². The van der Waals surface area contributed by atoms with E-state index in [4.69, 9.17) is 16.3 Å². The molecule has 37 heavy (non-hydrogen) atoms. The van der Waals surface area contributed by atoms with E-state index in [0.717, 1.165) is 9.87 Å². The van der Waals surface area contributed by atoms with Crippen LogP contribution in [0.15, 0.2) is 83.8 Å². The van der Waals surface area contributed by atoms with Crippen molar-refractivity contribution in [2.24, 2.45) is 0 Å². The summed E-state index contributed by atoms with van der Waals surface area (Å²) < 4.78 is 34.0. The zero-order chi connectivity index (χ0) is 27.0. The van der Waals surface area contributed by atoms with Gasteiger partial charge in [-0.05, 0) is 49.7 Å². The van der Waals surface area contributed by atoms with Crippen LogP contribution in [0.2, 0.25) is 5.02 Å². The Bertz CT molecular complexity index is 1320. The Kier molecular flexibility index (Phi) is 9.54. The Balaban J connectivity index is 2.08. The van der Waals surface area contributed by atoms with E-state index in [1.807, 2.05) is 30.3 Å². The summed E-state index contributed by atoms with van der Waals surface area (Å²) in [6.07, 6.45) is 0. The lowest BCUT2D eigenvalue weighted by Crippen LogP contribution is -2.51. The van der Waals surface area contributed by atoms with E-state index < -0.39 is 28.5 Å². The highest BCUT2D eigenvalue weighted by molar-refractivity contribution is 7.92. The molecule has 0 aromatic heterocycles. The Hall–Kier alpha value is -3.56. The third kappa shape index (κ3) is 6.81. The van der Waals surface area contributed by atoms with Crippen molar-refractivity contribution >= 4 is 39.1 Å². The van der Waals surface area contributed by atoms with E-state index >= 15 is 0 Å². The van der Waals surface area contributed by atoms with E-state index in [2.05, 4.69) is 5.32 Å². The number of nitrogens with zero attached hydrogens (tertiary/aromatic N) is 2. The number of carbonyl (C=O) groups is 2. The molecule has 0 unspecified atom stereocenters. The monoisotopic (exact) mass is 543 g/mol. The molecule has 0 radical (unpaired) electrons. The largest absolute Gasteiger partial charge is 0.495 e. The number of benzene rings is 3. The average molecular weight is 544 g/mol. The van der Waals surface area contributed by atoms with Gasteiger partial charge in [0.25, 0.3) is 10.0 Å². The van der Waals surface area contributed by atoms with Crippen LogP contribution in [0.25, 0.3) is 0 Å². The van der Waals surface area contributed by atoms with E-state index in [1.54, 1.807) is 38.1 Å². The molecule has 0 aliphatic carbocycles. The first-order chi connectivity index (χ1) is 17.7. The number of ether oxygens (including phenoxy) is 1. The predicted octanol–water partition coefficient (Wildman–Crippen LogP) is 4.10. The van der Waals surface area contributed by atoms with Crippen molar-refractivity contribution in [3.63, 3.8) is 0 Å². The molecule has 0 heterocycles. The van der Waals surface area contributed by atoms with Gasteiger partial charge in [-0.2, -0.15) is 0 Å². The molecule has 0 fully saturated rings. The van der Waals surface area contributed by atoms with Crippen LogP contribution in [-0.2, 0) is 26.2 Å². The van der Waals surface area contributed by atoms with Gasteiger partial charge in [0.1, 0.15) is 18.3 Å². The van der Waals surface area contributed by atoms with Gasteiger partial charge in [0.05, 0.1) is 17.7 Å². The number of methoxy groups -OCH3 is 1. The molecule has 196 valence electrons. The molecule has 10 heteroatoms. The van der Waals surface area contributed by atoms with Crippen LogP contribution < -0.4 is 14.4 Å². The summed E-state index contributed by atoms with van der Waals surface area (Å²) in [4.78, 5) is 27.9. The van der Waals surface area contributed by atoms with Crippen LogP contribution in [-0.4, -0.2) is 51.4 Å². The number of amides is 2. The Morgan fingerprint density at radius 2 is 1.62 bits per heavy atom. The summed E-state index contributed by atoms with van der Waals surface area (Å²) in [5.74, 6) is -0.684. The standard InChI is InChI=1S/C27H30ClN3O5S/c1-4-29-27(33)20(2)30(18-21-11-7-5-8-12-21)26(32)19-31(24-17-22(28)15-16-25(24)36-3)37(34,35)23-13-9-6-10-14-23/h5-17,20H,4,18-19H2,1-3H3,(H,29,33)/t20-/m0/s1. The Morgan fingerprint density at radius 1 is 1.00 bits per heavy atom. The Morgan fingerprint density at radius 3 is 2.22 bits per heavy atom. The van der Waals surface area contributed by atoms with Crippen LogP contribution in [0.1, 0.15) is 19.4 Å². The summed E-state index contributed by atoms with van der Waals surface area (Å²) in [6, 6.07) is 20.7. The average Bonchev–Trinajstić information content (AvgIpc) is 2.91. The molecule has 2 amide bonds. The van der Waals surface area contributed by atoms with Crippen molar-refractivity contribution in [2.75, 3.05) is 24.5 Å². The number of carbonyl (C=O) groups excluding carboxylic acids is 2. The van der Waals surface area contributed by atoms with Crippen LogP contribution in [0.3, 0.4) is 0 Å². The second kappa shape index (κ2) is 12.6. The minimum atomic E-state index is -4.21. The summed E-state index contributed by atoms with van der Waals surface area (Å²) in [6.45, 7) is 3.33. The molecule has 0 aliphatic rings. The SMILES string of the molecule is CCNC(=O)[C@H](C)N(Cc1ccccc1)C(=O)CN(c1cc(Cl)ccc1OC)S(=O)(=O)c1ccccc1. The molecule has 0 spiro atoms. The highest BCUT2D eigenvalue weighted by atomic mass is 35.5. The molecular weight excluding hydrogens is 514 g/mol. The number of likely N-dealkylation sites (N-methyl/N-ethyl adjacent to an activating group) is 1. The van der Waals surface area contributed by atoms with Crippen LogP contribution in [0, 0.1) is 0 Å². The Labute approximate surface area is 222 Å². The van der Waals surface area contributed by atoms with Gasteiger partial charge in [-0.15, -0.1) is 0 Å². The van der Waals surface area contributed by atoms with Gasteiger partial charge in [0.2, 0.25) is 11.8 Å². The van der Waals surface area contributed by atoms with Crippen molar-refractivity contribution in [2.45, 2.75) is 31.3 Å². The number of sulfonamides is 1. The van der Waals surface area contributed by atoms with E-state index in [1.165, 1.54) is 36.3 Å². The first-order valence-electron chi connectivity index (χ1n) is 11.7. The maximum atomic E-state index is 13.8. The van der Waals surface area contributed by atoms with Crippen molar-refractivity contribution < 1.29 is 22.7 Å². The zero-order valence-electron chi connectivity index (χ0n) is 20.9. The summed E-state index contributed by atoms with van der Waals surface area (Å²) in [5, 5.41) is 3.00. The highest BCUT2D eigenvalue weighted by Crippen LogP contribution is 2.35. The molecule has 8 nitrogen and oxygen atoms in total. The summed E-state index contributed by atoms with van der Waals surface area (Å²) >= 11 is 6.22. The van der Waals surface area contributed by atoms with Crippen LogP contribution >= 0.6 is 11.6 Å². The summed E-state index contributed by atoms with van der Waals surface area (Å²) in [5.41, 5.74) is 0.905. The van der Waals surface area contributed by atoms with Gasteiger partial charge in [-0.3, -0.25) is 13.9 Å². The quantitative estimate of drug-likeness (QED) is 0.393. The van der Waals surface area contributed by atoms with Crippen LogP contribution in [0.4, 0.5) is 5.69 Å². The molecular formula is C27H30ClN3O5S. The predicted molar refractivity (Wildman–Crippen MR) is 144 cm³/mol. The number of halogens is 1. The minimum Gasteiger partial charge on any atom is -0.495 e. The molecule has 0 saturated heterocycles. The number of rotatable bonds is 11. The van der Waals surface area contributed by atoms with E-state index in [-0.39, 0.29) is 33.8 Å². The molecule has 1 atom stereocenters. The smallest absolute Gasteiger partial charge is 0.264 e. The number of anilines is 1. The summed E-state index contributed by atoms with van der Waals surface area (Å²) in [7, 11) is -2.81. The van der Waals surface area contributed by atoms with Gasteiger partial charge in [0, 0.05) is 18.1 Å². The van der Waals surface area contributed by atoms with E-state index in [0.29, 0.717) is 6.54 Å². The molecule has 1 N–H and O–H groups in total. The lowest BCUT2D eigenvalue weighted by molar-refractivity contribution is -0.139. The first kappa shape index (κ1) is 28.0. The number of hydrogen-bond acceptors (Lipinski definition) is 5. The minimum absolute atomic E-state index is 0.00351. The number of nitrogens with one attached hydrogen (secondary N) is 1. The fourth-order valence-electron chi connectivity index (χ4n) is 3.78. The molecule has 0 saturated carbocycles. The van der Waals surface area contributed by atoms with Crippen molar-refractivity contribution in [3.8, 4) is 5.75 Å². The second-order valence-electron chi connectivity index (χ2n) is 8.22. The fraction of sp³-hybridized carbons (Fsp3) is 0.259. The topological polar surface area (TPSA) is 96.0 Å². The lowest BCUT2D eigenvalue weighted by Gasteiger charge is -2.32. The zero-order valence-corrected chi connectivity index (χ0v) is 22.5. The third-order valence-electron chi connectivity index (χ3n) is 5.73. The molecule has 0 bridgehead atoms. The highest BCUT2D eigenvalue weighted by Gasteiger charge is 2.33. The van der Waals surface area contributed by atoms with Gasteiger partial charge in [-0.25, -0.2) is 8.42 Å². The second-order valence-corrected chi connectivity index (χ2v) is 10.5. The number of hydrogen-bond donors (Lipinski definition) is 1.